The van der Waals surface area contributed by atoms with Gasteiger partial charge in [-0.2, -0.15) is 0 Å². The van der Waals surface area contributed by atoms with E-state index in [0.29, 0.717) is 25.3 Å². The summed E-state index contributed by atoms with van der Waals surface area (Å²) in [5.41, 5.74) is 1.81. The van der Waals surface area contributed by atoms with Gasteiger partial charge in [0.05, 0.1) is 18.0 Å². The number of rotatable bonds is 6. The van der Waals surface area contributed by atoms with Crippen LogP contribution in [-0.4, -0.2) is 28.5 Å². The zero-order valence-electron chi connectivity index (χ0n) is 14.3. The van der Waals surface area contributed by atoms with E-state index in [-0.39, 0.29) is 18.2 Å². The molecule has 1 heterocycles. The number of carbonyl (C=O) groups is 2. The lowest BCUT2D eigenvalue weighted by molar-refractivity contribution is -0.143. The fourth-order valence-corrected chi connectivity index (χ4v) is 4.46. The van der Waals surface area contributed by atoms with Gasteiger partial charge in [0, 0.05) is 22.0 Å². The number of carboxylic acids is 1. The molecular formula is C19H21BrN2O3S. The molecule has 5 nitrogen and oxygen atoms in total. The Bertz CT molecular complexity index is 785. The van der Waals surface area contributed by atoms with E-state index in [1.807, 2.05) is 29.6 Å². The van der Waals surface area contributed by atoms with E-state index < -0.39 is 5.97 Å². The van der Waals surface area contributed by atoms with Gasteiger partial charge >= 0.3 is 5.97 Å². The van der Waals surface area contributed by atoms with Crippen LogP contribution in [0.15, 0.2) is 34.1 Å². The molecule has 2 N–H and O–H groups in total. The highest BCUT2D eigenvalue weighted by molar-refractivity contribution is 9.10. The number of thiazole rings is 1. The van der Waals surface area contributed by atoms with Gasteiger partial charge in [-0.15, -0.1) is 11.3 Å². The molecule has 0 atom stereocenters. The third-order valence-electron chi connectivity index (χ3n) is 4.75. The highest BCUT2D eigenvalue weighted by Gasteiger charge is 2.26. The van der Waals surface area contributed by atoms with Gasteiger partial charge in [0.15, 0.2) is 0 Å². The molecule has 0 unspecified atom stereocenters. The summed E-state index contributed by atoms with van der Waals surface area (Å²) in [4.78, 5) is 27.7. The molecule has 1 aliphatic rings. The number of benzene rings is 1. The number of halogens is 1. The lowest BCUT2D eigenvalue weighted by Gasteiger charge is -2.26. The molecule has 7 heteroatoms. The molecule has 1 aromatic carbocycles. The van der Waals surface area contributed by atoms with Gasteiger partial charge in [0.25, 0.3) is 0 Å². The van der Waals surface area contributed by atoms with Crippen LogP contribution in [-0.2, 0) is 16.0 Å². The number of amides is 1. The molecule has 1 amide bonds. The van der Waals surface area contributed by atoms with Crippen molar-refractivity contribution in [1.82, 2.24) is 10.3 Å². The minimum absolute atomic E-state index is 0.0311. The summed E-state index contributed by atoms with van der Waals surface area (Å²) in [6, 6.07) is 7.94. The monoisotopic (exact) mass is 436 g/mol. The van der Waals surface area contributed by atoms with Crippen molar-refractivity contribution in [3.8, 4) is 10.6 Å². The molecule has 0 aliphatic heterocycles. The van der Waals surface area contributed by atoms with E-state index in [2.05, 4.69) is 26.2 Å². The quantitative estimate of drug-likeness (QED) is 0.713. The molecular weight excluding hydrogens is 416 g/mol. The van der Waals surface area contributed by atoms with Gasteiger partial charge in [0.1, 0.15) is 5.01 Å². The molecule has 1 saturated carbocycles. The second kappa shape index (κ2) is 8.77. The Hall–Kier alpha value is -1.73. The van der Waals surface area contributed by atoms with Crippen LogP contribution < -0.4 is 5.32 Å². The largest absolute Gasteiger partial charge is 0.481 e. The fraction of sp³-hybridized carbons (Fsp3) is 0.421. The summed E-state index contributed by atoms with van der Waals surface area (Å²) in [6.45, 7) is 0.619. The van der Waals surface area contributed by atoms with Gasteiger partial charge in [-0.25, -0.2) is 4.98 Å². The van der Waals surface area contributed by atoms with E-state index in [0.717, 1.165) is 33.6 Å². The van der Waals surface area contributed by atoms with Crippen molar-refractivity contribution in [2.75, 3.05) is 6.54 Å². The lowest BCUT2D eigenvalue weighted by Crippen LogP contribution is -2.33. The molecule has 1 aromatic heterocycles. The van der Waals surface area contributed by atoms with Gasteiger partial charge in [0.2, 0.25) is 5.91 Å². The van der Waals surface area contributed by atoms with Gasteiger partial charge in [-0.3, -0.25) is 9.59 Å². The van der Waals surface area contributed by atoms with Crippen molar-refractivity contribution >= 4 is 39.1 Å². The Morgan fingerprint density at radius 3 is 2.73 bits per heavy atom. The average Bonchev–Trinajstić information content (AvgIpc) is 3.09. The summed E-state index contributed by atoms with van der Waals surface area (Å²) >= 11 is 4.99. The molecule has 3 rings (SSSR count). The maximum absolute atomic E-state index is 12.2. The van der Waals surface area contributed by atoms with E-state index in [9.17, 15) is 9.59 Å². The number of hydrogen-bond acceptors (Lipinski definition) is 4. The summed E-state index contributed by atoms with van der Waals surface area (Å²) in [7, 11) is 0. The Morgan fingerprint density at radius 1 is 1.27 bits per heavy atom. The van der Waals surface area contributed by atoms with Gasteiger partial charge in [-0.05, 0) is 43.7 Å². The maximum atomic E-state index is 12.2. The van der Waals surface area contributed by atoms with Crippen molar-refractivity contribution < 1.29 is 14.7 Å². The van der Waals surface area contributed by atoms with E-state index in [1.165, 1.54) is 11.3 Å². The normalized spacial score (nSPS) is 19.9. The first-order valence-electron chi connectivity index (χ1n) is 8.71. The number of nitrogens with zero attached hydrogens (tertiary/aromatic N) is 1. The number of aromatic nitrogens is 1. The Kier molecular flexibility index (Phi) is 6.43. The molecule has 0 spiro atoms. The Labute approximate surface area is 165 Å². The third-order valence-corrected chi connectivity index (χ3v) is 6.18. The maximum Gasteiger partial charge on any atom is 0.306 e. The average molecular weight is 437 g/mol. The first kappa shape index (κ1) is 19.0. The second-order valence-electron chi connectivity index (χ2n) is 6.69. The van der Waals surface area contributed by atoms with Crippen LogP contribution in [0.2, 0.25) is 0 Å². The van der Waals surface area contributed by atoms with Crippen molar-refractivity contribution in [1.29, 1.82) is 0 Å². The number of carbonyl (C=O) groups excluding carboxylic acids is 1. The molecule has 138 valence electrons. The summed E-state index contributed by atoms with van der Waals surface area (Å²) in [5.74, 6) is -0.565. The first-order chi connectivity index (χ1) is 12.5. The SMILES string of the molecule is O=C(Cc1csc(-c2cccc(Br)c2)n1)NCC1CCC(C(=O)O)CC1. The highest BCUT2D eigenvalue weighted by atomic mass is 79.9. The van der Waals surface area contributed by atoms with Crippen LogP contribution in [0.1, 0.15) is 31.4 Å². The molecule has 0 bridgehead atoms. The fourth-order valence-electron chi connectivity index (χ4n) is 3.24. The predicted molar refractivity (Wildman–Crippen MR) is 105 cm³/mol. The van der Waals surface area contributed by atoms with E-state index in [1.54, 1.807) is 0 Å². The topological polar surface area (TPSA) is 79.3 Å². The van der Waals surface area contributed by atoms with E-state index >= 15 is 0 Å². The summed E-state index contributed by atoms with van der Waals surface area (Å²) in [6.07, 6.45) is 3.41. The minimum Gasteiger partial charge on any atom is -0.481 e. The third kappa shape index (κ3) is 5.14. The zero-order chi connectivity index (χ0) is 18.5. The molecule has 1 fully saturated rings. The standard InChI is InChI=1S/C19H21BrN2O3S/c20-15-3-1-2-14(8-15)18-22-16(11-26-18)9-17(23)21-10-12-4-6-13(7-5-12)19(24)25/h1-3,8,11-13H,4-7,9-10H2,(H,21,23)(H,24,25). The second-order valence-corrected chi connectivity index (χ2v) is 8.46. The van der Waals surface area contributed by atoms with Crippen LogP contribution >= 0.6 is 27.3 Å². The van der Waals surface area contributed by atoms with E-state index in [4.69, 9.17) is 5.11 Å². The molecule has 0 saturated heterocycles. The van der Waals surface area contributed by atoms with Crippen LogP contribution in [0, 0.1) is 11.8 Å². The minimum atomic E-state index is -0.697. The van der Waals surface area contributed by atoms with Crippen molar-refractivity contribution in [3.63, 3.8) is 0 Å². The molecule has 26 heavy (non-hydrogen) atoms. The number of nitrogens with one attached hydrogen (secondary N) is 1. The smallest absolute Gasteiger partial charge is 0.306 e. The number of carboxylic acid groups (broad SMARTS) is 1. The number of hydrogen-bond donors (Lipinski definition) is 2. The van der Waals surface area contributed by atoms with Crippen LogP contribution in [0.3, 0.4) is 0 Å². The molecule has 2 aromatic rings. The summed E-state index contributed by atoms with van der Waals surface area (Å²) in [5, 5.41) is 14.8. The highest BCUT2D eigenvalue weighted by Crippen LogP contribution is 2.29. The molecule has 0 radical (unpaired) electrons. The lowest BCUT2D eigenvalue weighted by atomic mass is 9.82. The van der Waals surface area contributed by atoms with Crippen molar-refractivity contribution in [2.24, 2.45) is 11.8 Å². The first-order valence-corrected chi connectivity index (χ1v) is 10.4. The van der Waals surface area contributed by atoms with Gasteiger partial charge in [-0.1, -0.05) is 28.1 Å². The number of aliphatic carboxylic acids is 1. The van der Waals surface area contributed by atoms with Crippen LogP contribution in [0.4, 0.5) is 0 Å². The Balaban J connectivity index is 1.46. The predicted octanol–water partition coefficient (Wildman–Crippen LogP) is 4.12. The van der Waals surface area contributed by atoms with Crippen molar-refractivity contribution in [3.05, 3.63) is 39.8 Å². The summed E-state index contributed by atoms with van der Waals surface area (Å²) < 4.78 is 1.00. The zero-order valence-corrected chi connectivity index (χ0v) is 16.7. The molecule has 1 aliphatic carbocycles. The Morgan fingerprint density at radius 2 is 2.04 bits per heavy atom. The van der Waals surface area contributed by atoms with Gasteiger partial charge < -0.3 is 10.4 Å². The van der Waals surface area contributed by atoms with Crippen molar-refractivity contribution in [2.45, 2.75) is 32.1 Å². The van der Waals surface area contributed by atoms with Crippen LogP contribution in [0.5, 0.6) is 0 Å². The van der Waals surface area contributed by atoms with Crippen LogP contribution in [0.25, 0.3) is 10.6 Å².